The van der Waals surface area contributed by atoms with E-state index in [0.717, 1.165) is 22.6 Å². The molecule has 1 unspecified atom stereocenters. The zero-order valence-electron chi connectivity index (χ0n) is 11.1. The number of rotatable bonds is 4. The molecule has 2 aromatic carbocycles. The van der Waals surface area contributed by atoms with Crippen molar-refractivity contribution >= 4 is 11.6 Å². The number of nitrogens with one attached hydrogen (secondary N) is 1. The van der Waals surface area contributed by atoms with Crippen molar-refractivity contribution in [1.82, 2.24) is 5.32 Å². The third-order valence-corrected chi connectivity index (χ3v) is 3.54. The highest BCUT2D eigenvalue weighted by atomic mass is 35.5. The highest BCUT2D eigenvalue weighted by Gasteiger charge is 2.12. The van der Waals surface area contributed by atoms with Gasteiger partial charge in [-0.1, -0.05) is 29.8 Å². The van der Waals surface area contributed by atoms with E-state index in [-0.39, 0.29) is 11.9 Å². The second-order valence-electron chi connectivity index (χ2n) is 4.67. The molecule has 0 fully saturated rings. The molecule has 0 amide bonds. The molecule has 0 aliphatic rings. The van der Waals surface area contributed by atoms with Crippen molar-refractivity contribution in [2.75, 3.05) is 7.05 Å². The van der Waals surface area contributed by atoms with Crippen LogP contribution in [0.15, 0.2) is 42.5 Å². The largest absolute Gasteiger partial charge is 0.313 e. The average molecular weight is 278 g/mol. The first-order chi connectivity index (χ1) is 9.10. The standard InChI is InChI=1S/C16H17ClFN/c1-11-9-13(17)5-8-15(11)16(19-2)10-12-3-6-14(18)7-4-12/h3-9,16,19H,10H2,1-2H3. The zero-order chi connectivity index (χ0) is 13.8. The zero-order valence-corrected chi connectivity index (χ0v) is 11.8. The van der Waals surface area contributed by atoms with E-state index in [2.05, 4.69) is 12.2 Å². The van der Waals surface area contributed by atoms with Crippen LogP contribution >= 0.6 is 11.6 Å². The van der Waals surface area contributed by atoms with Crippen LogP contribution < -0.4 is 5.32 Å². The van der Waals surface area contributed by atoms with Gasteiger partial charge in [0.25, 0.3) is 0 Å². The van der Waals surface area contributed by atoms with Gasteiger partial charge in [-0.2, -0.15) is 0 Å². The van der Waals surface area contributed by atoms with Crippen LogP contribution in [-0.2, 0) is 6.42 Å². The minimum atomic E-state index is -0.201. The first kappa shape index (κ1) is 14.0. The minimum absolute atomic E-state index is 0.197. The van der Waals surface area contributed by atoms with Crippen LogP contribution in [0, 0.1) is 12.7 Å². The van der Waals surface area contributed by atoms with Crippen LogP contribution in [-0.4, -0.2) is 7.05 Å². The summed E-state index contributed by atoms with van der Waals surface area (Å²) in [6.07, 6.45) is 0.819. The summed E-state index contributed by atoms with van der Waals surface area (Å²) in [5, 5.41) is 4.05. The number of benzene rings is 2. The van der Waals surface area contributed by atoms with Crippen LogP contribution in [0.5, 0.6) is 0 Å². The highest BCUT2D eigenvalue weighted by molar-refractivity contribution is 6.30. The van der Waals surface area contributed by atoms with E-state index >= 15 is 0 Å². The number of likely N-dealkylation sites (N-methyl/N-ethyl adjacent to an activating group) is 1. The van der Waals surface area contributed by atoms with Gasteiger partial charge in [0.15, 0.2) is 0 Å². The van der Waals surface area contributed by atoms with Gasteiger partial charge in [0.1, 0.15) is 5.82 Å². The topological polar surface area (TPSA) is 12.0 Å². The molecule has 0 saturated carbocycles. The third kappa shape index (κ3) is 3.55. The molecule has 2 aromatic rings. The molecule has 2 rings (SSSR count). The van der Waals surface area contributed by atoms with E-state index in [4.69, 9.17) is 11.6 Å². The SMILES string of the molecule is CNC(Cc1ccc(F)cc1)c1ccc(Cl)cc1C. The Labute approximate surface area is 118 Å². The van der Waals surface area contributed by atoms with Gasteiger partial charge in [-0.3, -0.25) is 0 Å². The van der Waals surface area contributed by atoms with Gasteiger partial charge >= 0.3 is 0 Å². The quantitative estimate of drug-likeness (QED) is 0.879. The van der Waals surface area contributed by atoms with Crippen LogP contribution in [0.2, 0.25) is 5.02 Å². The predicted molar refractivity (Wildman–Crippen MR) is 78.1 cm³/mol. The van der Waals surface area contributed by atoms with Crippen molar-refractivity contribution < 1.29 is 4.39 Å². The average Bonchev–Trinajstić information content (AvgIpc) is 2.39. The summed E-state index contributed by atoms with van der Waals surface area (Å²) in [4.78, 5) is 0. The van der Waals surface area contributed by atoms with Gasteiger partial charge in [-0.05, 0) is 61.3 Å². The smallest absolute Gasteiger partial charge is 0.123 e. The molecule has 1 nitrogen and oxygen atoms in total. The summed E-state index contributed by atoms with van der Waals surface area (Å²) in [5.74, 6) is -0.201. The van der Waals surface area contributed by atoms with Gasteiger partial charge in [0.05, 0.1) is 0 Å². The van der Waals surface area contributed by atoms with Crippen LogP contribution in [0.1, 0.15) is 22.7 Å². The Kier molecular flexibility index (Phi) is 4.56. The molecule has 0 aliphatic heterocycles. The Bertz CT molecular complexity index is 551. The van der Waals surface area contributed by atoms with Crippen molar-refractivity contribution in [3.05, 3.63) is 70.0 Å². The molecule has 0 bridgehead atoms. The summed E-state index contributed by atoms with van der Waals surface area (Å²) in [7, 11) is 1.93. The summed E-state index contributed by atoms with van der Waals surface area (Å²) in [5.41, 5.74) is 3.49. The molecule has 0 heterocycles. The summed E-state index contributed by atoms with van der Waals surface area (Å²) in [6, 6.07) is 12.7. The lowest BCUT2D eigenvalue weighted by Gasteiger charge is -2.19. The van der Waals surface area contributed by atoms with E-state index in [9.17, 15) is 4.39 Å². The second kappa shape index (κ2) is 6.18. The fourth-order valence-electron chi connectivity index (χ4n) is 2.25. The molecule has 1 atom stereocenters. The van der Waals surface area contributed by atoms with Gasteiger partial charge < -0.3 is 5.32 Å². The number of hydrogen-bond acceptors (Lipinski definition) is 1. The summed E-state index contributed by atoms with van der Waals surface area (Å²) in [6.45, 7) is 2.05. The van der Waals surface area contributed by atoms with E-state index < -0.39 is 0 Å². The van der Waals surface area contributed by atoms with E-state index in [0.29, 0.717) is 0 Å². The Morgan fingerprint density at radius 1 is 1.16 bits per heavy atom. The molecule has 3 heteroatoms. The molecule has 0 aliphatic carbocycles. The molecular weight excluding hydrogens is 261 g/mol. The maximum absolute atomic E-state index is 12.9. The normalized spacial score (nSPS) is 12.4. The van der Waals surface area contributed by atoms with Gasteiger partial charge in [0, 0.05) is 11.1 Å². The molecule has 0 saturated heterocycles. The molecule has 0 spiro atoms. The van der Waals surface area contributed by atoms with Crippen molar-refractivity contribution in [2.45, 2.75) is 19.4 Å². The van der Waals surface area contributed by atoms with Crippen LogP contribution in [0.25, 0.3) is 0 Å². The monoisotopic (exact) mass is 277 g/mol. The number of halogens is 2. The Hall–Kier alpha value is -1.38. The molecule has 0 radical (unpaired) electrons. The molecule has 19 heavy (non-hydrogen) atoms. The van der Waals surface area contributed by atoms with Crippen LogP contribution in [0.3, 0.4) is 0 Å². The van der Waals surface area contributed by atoms with Crippen molar-refractivity contribution in [2.24, 2.45) is 0 Å². The van der Waals surface area contributed by atoms with Crippen molar-refractivity contribution in [1.29, 1.82) is 0 Å². The molecule has 1 N–H and O–H groups in total. The van der Waals surface area contributed by atoms with E-state index in [1.807, 2.05) is 37.4 Å². The van der Waals surface area contributed by atoms with Gasteiger partial charge in [-0.25, -0.2) is 4.39 Å². The molecular formula is C16H17ClFN. The van der Waals surface area contributed by atoms with Crippen LogP contribution in [0.4, 0.5) is 4.39 Å². The van der Waals surface area contributed by atoms with Gasteiger partial charge in [0.2, 0.25) is 0 Å². The van der Waals surface area contributed by atoms with Crippen molar-refractivity contribution in [3.8, 4) is 0 Å². The Morgan fingerprint density at radius 2 is 1.84 bits per heavy atom. The van der Waals surface area contributed by atoms with Crippen molar-refractivity contribution in [3.63, 3.8) is 0 Å². The first-order valence-corrected chi connectivity index (χ1v) is 6.65. The predicted octanol–water partition coefficient (Wildman–Crippen LogP) is 4.29. The second-order valence-corrected chi connectivity index (χ2v) is 5.11. The lowest BCUT2D eigenvalue weighted by Crippen LogP contribution is -2.19. The Morgan fingerprint density at radius 3 is 2.42 bits per heavy atom. The first-order valence-electron chi connectivity index (χ1n) is 6.28. The van der Waals surface area contributed by atoms with E-state index in [1.54, 1.807) is 0 Å². The Balaban J connectivity index is 2.22. The van der Waals surface area contributed by atoms with E-state index in [1.165, 1.54) is 17.7 Å². The number of hydrogen-bond donors (Lipinski definition) is 1. The lowest BCUT2D eigenvalue weighted by atomic mass is 9.95. The lowest BCUT2D eigenvalue weighted by molar-refractivity contribution is 0.586. The number of aryl methyl sites for hydroxylation is 1. The fraction of sp³-hybridized carbons (Fsp3) is 0.250. The molecule has 0 aromatic heterocycles. The molecule has 100 valence electrons. The summed E-state index contributed by atoms with van der Waals surface area (Å²) >= 11 is 5.98. The summed E-state index contributed by atoms with van der Waals surface area (Å²) < 4.78 is 12.9. The van der Waals surface area contributed by atoms with Gasteiger partial charge in [-0.15, -0.1) is 0 Å². The maximum atomic E-state index is 12.9. The minimum Gasteiger partial charge on any atom is -0.313 e. The third-order valence-electron chi connectivity index (χ3n) is 3.31. The highest BCUT2D eigenvalue weighted by Crippen LogP contribution is 2.24. The maximum Gasteiger partial charge on any atom is 0.123 e. The fourth-order valence-corrected chi connectivity index (χ4v) is 2.48.